The molecule has 3 heterocycles. The zero-order valence-corrected chi connectivity index (χ0v) is 26.9. The molecule has 6 rings (SSSR count). The van der Waals surface area contributed by atoms with E-state index in [-0.39, 0.29) is 29.9 Å². The molecule has 5 atom stereocenters. The van der Waals surface area contributed by atoms with Crippen molar-refractivity contribution in [3.05, 3.63) is 102 Å². The second-order valence-corrected chi connectivity index (χ2v) is 16.6. The van der Waals surface area contributed by atoms with E-state index in [4.69, 9.17) is 4.74 Å². The summed E-state index contributed by atoms with van der Waals surface area (Å²) >= 11 is 0. The molecular formula is C34H39N5O5Si. The highest BCUT2D eigenvalue weighted by molar-refractivity contribution is 6.71. The smallest absolute Gasteiger partial charge is 0.264 e. The molecule has 0 radical (unpaired) electrons. The van der Waals surface area contributed by atoms with Gasteiger partial charge in [-0.25, -0.2) is 0 Å². The Labute approximate surface area is 264 Å². The fourth-order valence-electron chi connectivity index (χ4n) is 7.35. The number of rotatable bonds is 10. The fourth-order valence-corrected chi connectivity index (χ4v) is 9.95. The van der Waals surface area contributed by atoms with Crippen LogP contribution in [0.4, 0.5) is 17.1 Å². The van der Waals surface area contributed by atoms with Gasteiger partial charge < -0.3 is 19.5 Å². The maximum absolute atomic E-state index is 14.2. The van der Waals surface area contributed by atoms with Gasteiger partial charge in [0.05, 0.1) is 30.0 Å². The van der Waals surface area contributed by atoms with E-state index in [1.165, 1.54) is 0 Å². The number of amides is 2. The van der Waals surface area contributed by atoms with Crippen molar-refractivity contribution in [1.82, 2.24) is 15.0 Å². The van der Waals surface area contributed by atoms with E-state index in [0.29, 0.717) is 35.6 Å². The Hall–Kier alpha value is -4.16. The molecule has 2 N–H and O–H groups in total. The summed E-state index contributed by atoms with van der Waals surface area (Å²) < 4.78 is 8.62. The lowest BCUT2D eigenvalue weighted by Crippen LogP contribution is -2.45. The Kier molecular flexibility index (Phi) is 8.21. The lowest BCUT2D eigenvalue weighted by Gasteiger charge is -2.32. The highest BCUT2D eigenvalue weighted by Crippen LogP contribution is 2.59. The molecule has 2 aliphatic rings. The van der Waals surface area contributed by atoms with E-state index in [9.17, 15) is 19.5 Å². The largest absolute Gasteiger partial charge is 0.432 e. The van der Waals surface area contributed by atoms with Crippen LogP contribution in [0.15, 0.2) is 85.1 Å². The molecule has 0 aliphatic carbocycles. The van der Waals surface area contributed by atoms with Gasteiger partial charge >= 0.3 is 0 Å². The predicted octanol–water partition coefficient (Wildman–Crippen LogP) is 4.56. The molecule has 0 bridgehead atoms. The van der Waals surface area contributed by atoms with Gasteiger partial charge in [0.1, 0.15) is 0 Å². The van der Waals surface area contributed by atoms with E-state index >= 15 is 0 Å². The highest BCUT2D eigenvalue weighted by atomic mass is 28.4. The number of para-hydroxylation sites is 1. The number of ether oxygens (including phenoxy) is 1. The summed E-state index contributed by atoms with van der Waals surface area (Å²) in [6.07, 6.45) is 2.68. The maximum Gasteiger partial charge on any atom is 0.264 e. The van der Waals surface area contributed by atoms with E-state index in [0.717, 1.165) is 17.7 Å². The second-order valence-electron chi connectivity index (χ2n) is 12.6. The quantitative estimate of drug-likeness (QED) is 0.196. The van der Waals surface area contributed by atoms with Crippen molar-refractivity contribution in [3.8, 4) is 0 Å². The van der Waals surface area contributed by atoms with Crippen molar-refractivity contribution in [2.45, 2.75) is 56.1 Å². The third-order valence-corrected chi connectivity index (χ3v) is 12.0. The first kappa shape index (κ1) is 30.8. The number of aryl methyl sites for hydroxylation is 1. The van der Waals surface area contributed by atoms with Crippen molar-refractivity contribution >= 4 is 37.7 Å². The van der Waals surface area contributed by atoms with Gasteiger partial charge in [0.15, 0.2) is 13.9 Å². The molecular weight excluding hydrogens is 586 g/mol. The molecule has 10 nitrogen and oxygen atoms in total. The van der Waals surface area contributed by atoms with Gasteiger partial charge in [-0.2, -0.15) is 0 Å². The Bertz CT molecular complexity index is 1680. The van der Waals surface area contributed by atoms with Crippen molar-refractivity contribution in [1.29, 1.82) is 0 Å². The lowest BCUT2D eigenvalue weighted by atomic mass is 9.82. The molecule has 11 heteroatoms. The number of hydrogen-bond donors (Lipinski definition) is 2. The van der Waals surface area contributed by atoms with Gasteiger partial charge in [0.25, 0.3) is 5.91 Å². The molecule has 3 aromatic carbocycles. The molecule has 1 unspecified atom stereocenters. The van der Waals surface area contributed by atoms with Crippen molar-refractivity contribution in [2.75, 3.05) is 23.5 Å². The van der Waals surface area contributed by atoms with Crippen LogP contribution in [0.5, 0.6) is 0 Å². The number of hydrogen-bond acceptors (Lipinski definition) is 7. The molecule has 45 heavy (non-hydrogen) atoms. The highest BCUT2D eigenvalue weighted by Gasteiger charge is 2.65. The number of anilines is 3. The summed E-state index contributed by atoms with van der Waals surface area (Å²) in [6.45, 7) is 6.15. The van der Waals surface area contributed by atoms with Crippen LogP contribution >= 0.6 is 0 Å². The van der Waals surface area contributed by atoms with Crippen LogP contribution in [-0.4, -0.2) is 65.3 Å². The van der Waals surface area contributed by atoms with Crippen LogP contribution in [0, 0.1) is 5.92 Å². The summed E-state index contributed by atoms with van der Waals surface area (Å²) in [4.78, 5) is 41.2. The number of likely N-dealkylation sites (N-methyl/N-ethyl adjacent to an activating group) is 1. The number of carbonyl (C=O) groups is 2. The van der Waals surface area contributed by atoms with Crippen molar-refractivity contribution in [2.24, 2.45) is 5.92 Å². The number of benzene rings is 3. The number of aliphatic hydroxyl groups is 1. The monoisotopic (exact) mass is 625 g/mol. The average Bonchev–Trinajstić information content (AvgIpc) is 3.68. The zero-order valence-electron chi connectivity index (χ0n) is 25.9. The molecule has 0 saturated carbocycles. The molecule has 4 aromatic rings. The average molecular weight is 626 g/mol. The molecule has 1 saturated heterocycles. The van der Waals surface area contributed by atoms with Crippen LogP contribution in [0.3, 0.4) is 0 Å². The standard InChI is InChI=1S/C34H39N5O5Si/c1-23-32(45(3,4)43)31(17-18-38-20-29(35-36-38)27(21-40)24-11-7-5-8-12-24)44-34(23)28-19-26(15-16-30(28)37(2)33(34)42)39(22-41)25-13-9-6-10-14-25/h5-16,19-20,22-23,27,31-32,40,43H,17-18,21H2,1-4H3/t23-,27?,31+,32-,34+/m0/s1. The minimum absolute atomic E-state index is 0.0936. The van der Waals surface area contributed by atoms with Crippen LogP contribution in [0.1, 0.15) is 36.1 Å². The second kappa shape index (κ2) is 12.0. The van der Waals surface area contributed by atoms with E-state index in [1.54, 1.807) is 21.5 Å². The predicted molar refractivity (Wildman–Crippen MR) is 174 cm³/mol. The van der Waals surface area contributed by atoms with Gasteiger partial charge in [-0.15, -0.1) is 5.10 Å². The maximum atomic E-state index is 14.2. The number of nitrogens with zero attached hydrogens (tertiary/aromatic N) is 5. The lowest BCUT2D eigenvalue weighted by molar-refractivity contribution is -0.145. The van der Waals surface area contributed by atoms with Crippen LogP contribution in [-0.2, 0) is 26.5 Å². The molecule has 2 aliphatic heterocycles. The molecule has 234 valence electrons. The summed E-state index contributed by atoms with van der Waals surface area (Å²) in [5.41, 5.74) is 2.82. The number of fused-ring (bicyclic) bond motifs is 2. The van der Waals surface area contributed by atoms with Crippen LogP contribution < -0.4 is 9.80 Å². The SMILES string of the molecule is C[C@H]1[C@H]([Si](C)(C)O)[C@@H](CCn2cc(C(CO)c3ccccc3)nn2)O[C@]12C(=O)N(C)c1ccc(N(C=O)c3ccccc3)cc12. The third-order valence-electron chi connectivity index (χ3n) is 9.46. The van der Waals surface area contributed by atoms with Crippen molar-refractivity contribution < 1.29 is 24.2 Å². The number of aliphatic hydroxyl groups excluding tert-OH is 1. The summed E-state index contributed by atoms with van der Waals surface area (Å²) in [6, 6.07) is 24.6. The first-order chi connectivity index (χ1) is 21.6. The van der Waals surface area contributed by atoms with Gasteiger partial charge in [0, 0.05) is 48.2 Å². The van der Waals surface area contributed by atoms with E-state index < -0.39 is 20.0 Å². The summed E-state index contributed by atoms with van der Waals surface area (Å²) in [7, 11) is -1.11. The number of aromatic nitrogens is 3. The van der Waals surface area contributed by atoms with Gasteiger partial charge in [0.2, 0.25) is 6.41 Å². The van der Waals surface area contributed by atoms with Gasteiger partial charge in [-0.1, -0.05) is 60.7 Å². The van der Waals surface area contributed by atoms with E-state index in [1.807, 2.05) is 105 Å². The minimum Gasteiger partial charge on any atom is -0.432 e. The topological polar surface area (TPSA) is 121 Å². The van der Waals surface area contributed by atoms with Gasteiger partial charge in [-0.3, -0.25) is 19.2 Å². The van der Waals surface area contributed by atoms with Crippen LogP contribution in [0.25, 0.3) is 0 Å². The Balaban J connectivity index is 1.31. The summed E-state index contributed by atoms with van der Waals surface area (Å²) in [5, 5.41) is 18.8. The van der Waals surface area contributed by atoms with Crippen LogP contribution in [0.2, 0.25) is 18.6 Å². The van der Waals surface area contributed by atoms with Crippen molar-refractivity contribution in [3.63, 3.8) is 0 Å². The fraction of sp³-hybridized carbons (Fsp3) is 0.353. The Morgan fingerprint density at radius 2 is 1.76 bits per heavy atom. The zero-order chi connectivity index (χ0) is 31.9. The third kappa shape index (κ3) is 5.29. The molecule has 1 fully saturated rings. The minimum atomic E-state index is -2.85. The first-order valence-electron chi connectivity index (χ1n) is 15.3. The summed E-state index contributed by atoms with van der Waals surface area (Å²) in [5.74, 6) is -0.797. The molecule has 1 spiro atoms. The Morgan fingerprint density at radius 1 is 1.07 bits per heavy atom. The normalized spacial score (nSPS) is 23.4. The molecule has 1 aromatic heterocycles. The van der Waals surface area contributed by atoms with Gasteiger partial charge in [-0.05, 0) is 55.4 Å². The first-order valence-corrected chi connectivity index (χ1v) is 18.3. The Morgan fingerprint density at radius 3 is 2.40 bits per heavy atom. The number of carbonyl (C=O) groups excluding carboxylic acids is 2. The van der Waals surface area contributed by atoms with E-state index in [2.05, 4.69) is 10.3 Å². The molecule has 2 amide bonds.